The number of benzene rings is 3. The summed E-state index contributed by atoms with van der Waals surface area (Å²) in [6.45, 7) is 2.02. The molecule has 1 aromatic heterocycles. The fourth-order valence-corrected chi connectivity index (χ4v) is 4.59. The second-order valence-electron chi connectivity index (χ2n) is 6.92. The van der Waals surface area contributed by atoms with Crippen LogP contribution >= 0.6 is 27.3 Å². The van der Waals surface area contributed by atoms with Crippen molar-refractivity contribution in [3.05, 3.63) is 81.8 Å². The van der Waals surface area contributed by atoms with Gasteiger partial charge in [-0.15, -0.1) is 0 Å². The molecule has 0 unspecified atom stereocenters. The third-order valence-electron chi connectivity index (χ3n) is 4.75. The number of halogens is 1. The van der Waals surface area contributed by atoms with Crippen LogP contribution in [0.2, 0.25) is 0 Å². The summed E-state index contributed by atoms with van der Waals surface area (Å²) in [4.78, 5) is 18.3. The first-order valence-corrected chi connectivity index (χ1v) is 11.3. The van der Waals surface area contributed by atoms with Gasteiger partial charge < -0.3 is 9.47 Å². The number of aromatic nitrogens is 1. The average Bonchev–Trinajstić information content (AvgIpc) is 3.22. The summed E-state index contributed by atoms with van der Waals surface area (Å²) in [5.41, 5.74) is 3.13. The molecular weight excluding hydrogens is 490 g/mol. The molecule has 1 heterocycles. The monoisotopic (exact) mass is 509 g/mol. The van der Waals surface area contributed by atoms with E-state index < -0.39 is 0 Å². The number of ether oxygens (including phenoxy) is 2. The van der Waals surface area contributed by atoms with E-state index in [9.17, 15) is 4.79 Å². The maximum absolute atomic E-state index is 13.6. The molecule has 0 spiro atoms. The zero-order valence-electron chi connectivity index (χ0n) is 17.7. The molecule has 0 aliphatic rings. The van der Waals surface area contributed by atoms with E-state index in [0.717, 1.165) is 25.8 Å². The van der Waals surface area contributed by atoms with E-state index >= 15 is 0 Å². The van der Waals surface area contributed by atoms with Gasteiger partial charge in [-0.05, 0) is 42.8 Å². The Kier molecular flexibility index (Phi) is 6.53. The van der Waals surface area contributed by atoms with Crippen LogP contribution in [-0.2, 0) is 0 Å². The molecule has 0 bridgehead atoms. The van der Waals surface area contributed by atoms with Crippen LogP contribution in [0.3, 0.4) is 0 Å². The summed E-state index contributed by atoms with van der Waals surface area (Å²) in [7, 11) is 3.04. The van der Waals surface area contributed by atoms with Gasteiger partial charge in [-0.3, -0.25) is 4.79 Å². The molecule has 8 heteroatoms. The number of carbonyl (C=O) groups is 1. The third kappa shape index (κ3) is 4.51. The number of aryl methyl sites for hydroxylation is 1. The van der Waals surface area contributed by atoms with E-state index in [4.69, 9.17) is 9.47 Å². The number of thiazole rings is 1. The highest BCUT2D eigenvalue weighted by Crippen LogP contribution is 2.35. The van der Waals surface area contributed by atoms with Crippen LogP contribution in [0.5, 0.6) is 11.5 Å². The molecule has 6 nitrogen and oxygen atoms in total. The lowest BCUT2D eigenvalue weighted by atomic mass is 10.1. The summed E-state index contributed by atoms with van der Waals surface area (Å²) < 4.78 is 12.7. The van der Waals surface area contributed by atoms with Crippen LogP contribution in [0.4, 0.5) is 5.13 Å². The highest BCUT2D eigenvalue weighted by Gasteiger charge is 2.25. The number of fused-ring (bicyclic) bond motifs is 1. The minimum Gasteiger partial charge on any atom is -0.493 e. The van der Waals surface area contributed by atoms with Crippen LogP contribution in [0, 0.1) is 6.92 Å². The van der Waals surface area contributed by atoms with Crippen molar-refractivity contribution >= 4 is 54.7 Å². The molecule has 0 aliphatic carbocycles. The van der Waals surface area contributed by atoms with Crippen molar-refractivity contribution in [2.24, 2.45) is 5.10 Å². The van der Waals surface area contributed by atoms with E-state index in [-0.39, 0.29) is 5.91 Å². The van der Waals surface area contributed by atoms with Gasteiger partial charge in [0.1, 0.15) is 0 Å². The van der Waals surface area contributed by atoms with Crippen LogP contribution in [0.15, 0.2) is 70.2 Å². The van der Waals surface area contributed by atoms with Crippen LogP contribution < -0.4 is 14.5 Å². The van der Waals surface area contributed by atoms with Crippen LogP contribution in [0.1, 0.15) is 21.5 Å². The van der Waals surface area contributed by atoms with Gasteiger partial charge in [-0.1, -0.05) is 63.2 Å². The lowest BCUT2D eigenvalue weighted by Crippen LogP contribution is -2.26. The number of amides is 1. The first kappa shape index (κ1) is 22.0. The van der Waals surface area contributed by atoms with Gasteiger partial charge in [0, 0.05) is 4.47 Å². The molecule has 4 rings (SSSR count). The first-order valence-electron chi connectivity index (χ1n) is 9.72. The van der Waals surface area contributed by atoms with Crippen molar-refractivity contribution in [2.45, 2.75) is 6.92 Å². The second kappa shape index (κ2) is 9.50. The van der Waals surface area contributed by atoms with Gasteiger partial charge in [-0.25, -0.2) is 4.98 Å². The predicted molar refractivity (Wildman–Crippen MR) is 132 cm³/mol. The van der Waals surface area contributed by atoms with E-state index in [1.807, 2.05) is 49.4 Å². The molecular formula is C24H20BrN3O3S. The Hall–Kier alpha value is -3.23. The third-order valence-corrected chi connectivity index (χ3v) is 6.23. The molecule has 0 radical (unpaired) electrons. The van der Waals surface area contributed by atoms with Gasteiger partial charge >= 0.3 is 0 Å². The number of rotatable bonds is 6. The van der Waals surface area contributed by atoms with Crippen LogP contribution in [-0.4, -0.2) is 31.3 Å². The molecule has 3 aromatic carbocycles. The Morgan fingerprint density at radius 1 is 1.09 bits per heavy atom. The largest absolute Gasteiger partial charge is 0.493 e. The Labute approximate surface area is 198 Å². The summed E-state index contributed by atoms with van der Waals surface area (Å²) in [5.74, 6) is 0.440. The zero-order valence-corrected chi connectivity index (χ0v) is 20.1. The number of hydrogen-bond donors (Lipinski definition) is 0. The van der Waals surface area contributed by atoms with Crippen molar-refractivity contribution in [1.82, 2.24) is 4.98 Å². The van der Waals surface area contributed by atoms with Crippen molar-refractivity contribution in [3.63, 3.8) is 0 Å². The minimum absolute atomic E-state index is 0.327. The first-order chi connectivity index (χ1) is 15.5. The Balaban J connectivity index is 1.81. The van der Waals surface area contributed by atoms with Gasteiger partial charge in [0.15, 0.2) is 11.5 Å². The van der Waals surface area contributed by atoms with Crippen LogP contribution in [0.25, 0.3) is 10.2 Å². The normalized spacial score (nSPS) is 11.1. The highest BCUT2D eigenvalue weighted by molar-refractivity contribution is 9.10. The van der Waals surface area contributed by atoms with E-state index in [0.29, 0.717) is 22.2 Å². The Morgan fingerprint density at radius 3 is 2.59 bits per heavy atom. The lowest BCUT2D eigenvalue weighted by Gasteiger charge is -2.17. The molecule has 0 aliphatic heterocycles. The molecule has 0 saturated heterocycles. The number of anilines is 1. The Morgan fingerprint density at radius 2 is 1.88 bits per heavy atom. The fourth-order valence-electron chi connectivity index (χ4n) is 3.11. The number of nitrogens with zero attached hydrogens (tertiary/aromatic N) is 3. The maximum Gasteiger partial charge on any atom is 0.284 e. The van der Waals surface area contributed by atoms with Gasteiger partial charge in [0.05, 0.1) is 36.2 Å². The fraction of sp³-hybridized carbons (Fsp3) is 0.125. The van der Waals surface area contributed by atoms with Crippen molar-refractivity contribution in [1.29, 1.82) is 0 Å². The topological polar surface area (TPSA) is 64.0 Å². The summed E-state index contributed by atoms with van der Waals surface area (Å²) in [6.07, 6.45) is 1.64. The molecule has 4 aromatic rings. The molecule has 0 saturated carbocycles. The summed E-state index contributed by atoms with van der Waals surface area (Å²) in [5, 5.41) is 6.27. The van der Waals surface area contributed by atoms with Gasteiger partial charge in [-0.2, -0.15) is 10.1 Å². The summed E-state index contributed by atoms with van der Waals surface area (Å²) in [6, 6.07) is 18.8. The molecule has 0 atom stereocenters. The predicted octanol–water partition coefficient (Wildman–Crippen LogP) is 6.07. The number of methoxy groups -OCH3 is 2. The quantitative estimate of drug-likeness (QED) is 0.234. The standard InChI is InChI=1S/C24H20BrN3O3S/c1-15-7-9-16(10-8-15)14-26-28(24-27-19-12-11-17(25)13-21(19)32-24)23(29)18-5-4-6-20(30-2)22(18)31-3/h4-14H,1-3H3/b26-14+. The highest BCUT2D eigenvalue weighted by atomic mass is 79.9. The number of carbonyl (C=O) groups excluding carboxylic acids is 1. The number of para-hydroxylation sites is 1. The lowest BCUT2D eigenvalue weighted by molar-refractivity contribution is 0.0984. The van der Waals surface area contributed by atoms with E-state index in [1.165, 1.54) is 30.6 Å². The molecule has 32 heavy (non-hydrogen) atoms. The number of hydrazone groups is 1. The zero-order chi connectivity index (χ0) is 22.7. The second-order valence-corrected chi connectivity index (χ2v) is 8.85. The van der Waals surface area contributed by atoms with Crippen molar-refractivity contribution < 1.29 is 14.3 Å². The van der Waals surface area contributed by atoms with Crippen molar-refractivity contribution in [3.8, 4) is 11.5 Å². The SMILES string of the molecule is COc1cccc(C(=O)N(/N=C/c2ccc(C)cc2)c2nc3ccc(Br)cc3s2)c1OC. The van der Waals surface area contributed by atoms with Gasteiger partial charge in [0.2, 0.25) is 5.13 Å². The molecule has 1 amide bonds. The smallest absolute Gasteiger partial charge is 0.284 e. The molecule has 0 N–H and O–H groups in total. The Bertz CT molecular complexity index is 1300. The summed E-state index contributed by atoms with van der Waals surface area (Å²) >= 11 is 4.87. The number of hydrogen-bond acceptors (Lipinski definition) is 6. The van der Waals surface area contributed by atoms with Crippen molar-refractivity contribution in [2.75, 3.05) is 19.2 Å². The van der Waals surface area contributed by atoms with Gasteiger partial charge in [0.25, 0.3) is 5.91 Å². The maximum atomic E-state index is 13.6. The molecule has 0 fully saturated rings. The van der Waals surface area contributed by atoms with E-state index in [1.54, 1.807) is 24.4 Å². The van der Waals surface area contributed by atoms with E-state index in [2.05, 4.69) is 26.0 Å². The average molecular weight is 510 g/mol. The minimum atomic E-state index is -0.373. The molecule has 162 valence electrons.